The van der Waals surface area contributed by atoms with Gasteiger partial charge >= 0.3 is 0 Å². The summed E-state index contributed by atoms with van der Waals surface area (Å²) in [5.41, 5.74) is 7.36. The lowest BCUT2D eigenvalue weighted by molar-refractivity contribution is 0.100. The minimum absolute atomic E-state index is 0.149. The number of nitrogens with zero attached hydrogens (tertiary/aromatic N) is 3. The maximum atomic E-state index is 12.2. The maximum absolute atomic E-state index is 12.2. The number of nitrogens with two attached hydrogens (primary N) is 1. The number of carbonyl (C=O) groups excluding carboxylic acids is 1. The fraction of sp³-hybridized carbons (Fsp3) is 0.316. The molecule has 10 nitrogen and oxygen atoms in total. The summed E-state index contributed by atoms with van der Waals surface area (Å²) in [6, 6.07) is 6.98. The van der Waals surface area contributed by atoms with E-state index in [-0.39, 0.29) is 11.4 Å². The summed E-state index contributed by atoms with van der Waals surface area (Å²) in [5.74, 6) is 1.30. The highest BCUT2D eigenvalue weighted by Crippen LogP contribution is 2.30. The number of hydrogen-bond donors (Lipinski definition) is 4. The Bertz CT molecular complexity index is 1020. The van der Waals surface area contributed by atoms with Crippen molar-refractivity contribution in [1.82, 2.24) is 14.6 Å². The topological polar surface area (TPSA) is 136 Å². The van der Waals surface area contributed by atoms with Crippen LogP contribution in [0.1, 0.15) is 23.0 Å². The van der Waals surface area contributed by atoms with E-state index in [1.807, 2.05) is 0 Å². The van der Waals surface area contributed by atoms with E-state index in [1.165, 1.54) is 4.52 Å². The van der Waals surface area contributed by atoms with Crippen molar-refractivity contribution in [2.75, 3.05) is 31.4 Å². The van der Waals surface area contributed by atoms with Gasteiger partial charge in [-0.25, -0.2) is 4.98 Å². The Morgan fingerprint density at radius 2 is 1.90 bits per heavy atom. The summed E-state index contributed by atoms with van der Waals surface area (Å²) in [6.07, 6.45) is -0.563. The van der Waals surface area contributed by atoms with E-state index in [4.69, 9.17) is 15.2 Å². The molecular formula is C19H24N6O4. The summed E-state index contributed by atoms with van der Waals surface area (Å²) < 4.78 is 12.0. The van der Waals surface area contributed by atoms with Crippen molar-refractivity contribution in [3.8, 4) is 11.5 Å². The van der Waals surface area contributed by atoms with Crippen LogP contribution in [0.15, 0.2) is 24.3 Å². The first-order valence-electron chi connectivity index (χ1n) is 8.94. The largest absolute Gasteiger partial charge is 0.497 e. The van der Waals surface area contributed by atoms with Crippen molar-refractivity contribution >= 4 is 28.9 Å². The molecule has 2 heterocycles. The fourth-order valence-electron chi connectivity index (χ4n) is 2.85. The average Bonchev–Trinajstić information content (AvgIpc) is 3.03. The number of primary amides is 1. The number of ether oxygens (including phenoxy) is 2. The molecule has 0 spiro atoms. The molecule has 2 aromatic heterocycles. The van der Waals surface area contributed by atoms with Crippen molar-refractivity contribution in [1.29, 1.82) is 0 Å². The number of methoxy groups -OCH3 is 2. The molecular weight excluding hydrogens is 376 g/mol. The fourth-order valence-corrected chi connectivity index (χ4v) is 2.85. The Labute approximate surface area is 167 Å². The predicted molar refractivity (Wildman–Crippen MR) is 109 cm³/mol. The van der Waals surface area contributed by atoms with E-state index in [0.717, 1.165) is 0 Å². The van der Waals surface area contributed by atoms with Crippen molar-refractivity contribution in [3.05, 3.63) is 35.5 Å². The molecule has 0 saturated heterocycles. The molecule has 0 radical (unpaired) electrons. The molecule has 0 aliphatic heterocycles. The van der Waals surface area contributed by atoms with E-state index < -0.39 is 12.0 Å². The number of fused-ring (bicyclic) bond motifs is 1. The molecule has 10 heteroatoms. The smallest absolute Gasteiger partial charge is 0.256 e. The highest BCUT2D eigenvalue weighted by atomic mass is 16.5. The minimum atomic E-state index is -0.670. The Kier molecular flexibility index (Phi) is 5.74. The molecule has 3 rings (SSSR count). The summed E-state index contributed by atoms with van der Waals surface area (Å²) in [5, 5.41) is 20.2. The van der Waals surface area contributed by atoms with Crippen LogP contribution in [0.5, 0.6) is 11.5 Å². The second kappa shape index (κ2) is 8.23. The van der Waals surface area contributed by atoms with Crippen LogP contribution in [0, 0.1) is 6.92 Å². The van der Waals surface area contributed by atoms with Crippen LogP contribution in [-0.4, -0.2) is 52.5 Å². The lowest BCUT2D eigenvalue weighted by atomic mass is 10.2. The van der Waals surface area contributed by atoms with Crippen LogP contribution in [0.2, 0.25) is 0 Å². The molecule has 0 aliphatic rings. The number of rotatable bonds is 8. The van der Waals surface area contributed by atoms with Gasteiger partial charge in [0.2, 0.25) is 0 Å². The molecule has 29 heavy (non-hydrogen) atoms. The number of aromatic nitrogens is 3. The van der Waals surface area contributed by atoms with Gasteiger partial charge in [-0.1, -0.05) is 0 Å². The van der Waals surface area contributed by atoms with Gasteiger partial charge in [0.15, 0.2) is 11.5 Å². The number of aryl methyl sites for hydroxylation is 1. The van der Waals surface area contributed by atoms with Crippen molar-refractivity contribution < 1.29 is 19.4 Å². The van der Waals surface area contributed by atoms with E-state index >= 15 is 0 Å². The molecule has 0 saturated carbocycles. The van der Waals surface area contributed by atoms with Crippen LogP contribution >= 0.6 is 0 Å². The Hall–Kier alpha value is -3.53. The number of anilines is 3. The normalized spacial score (nSPS) is 11.9. The number of hydrogen-bond acceptors (Lipinski definition) is 8. The summed E-state index contributed by atoms with van der Waals surface area (Å²) in [4.78, 5) is 16.6. The first-order chi connectivity index (χ1) is 13.8. The number of amides is 1. The number of carbonyl (C=O) groups is 1. The number of nitrogens with one attached hydrogen (secondary N) is 2. The molecule has 5 N–H and O–H groups in total. The van der Waals surface area contributed by atoms with E-state index in [9.17, 15) is 9.90 Å². The van der Waals surface area contributed by atoms with Gasteiger partial charge < -0.3 is 30.9 Å². The standard InChI is InChI=1S/C19H24N6O4/c1-10-5-15(21-9-11(2)26)25-19(22-10)16(17(20)27)18(24-25)23-12-6-13(28-3)8-14(7-12)29-4/h5-8,11,21,26H,9H2,1-4H3,(H2,20,27)(H,23,24)/t11-/m1/s1. The minimum Gasteiger partial charge on any atom is -0.497 e. The third-order valence-corrected chi connectivity index (χ3v) is 4.16. The lowest BCUT2D eigenvalue weighted by Gasteiger charge is -2.10. The SMILES string of the molecule is COc1cc(Nc2nn3c(NC[C@@H](C)O)cc(C)nc3c2C(N)=O)cc(OC)c1. The van der Waals surface area contributed by atoms with Gasteiger partial charge in [-0.05, 0) is 13.8 Å². The molecule has 3 aromatic rings. The number of aliphatic hydroxyl groups excluding tert-OH is 1. The molecule has 0 aliphatic carbocycles. The molecule has 1 atom stereocenters. The van der Waals surface area contributed by atoms with Gasteiger partial charge in [-0.15, -0.1) is 5.10 Å². The zero-order valence-electron chi connectivity index (χ0n) is 16.7. The molecule has 0 unspecified atom stereocenters. The van der Waals surface area contributed by atoms with E-state index in [0.29, 0.717) is 40.9 Å². The first-order valence-corrected chi connectivity index (χ1v) is 8.94. The van der Waals surface area contributed by atoms with Crippen LogP contribution < -0.4 is 25.8 Å². The Balaban J connectivity index is 2.11. The van der Waals surface area contributed by atoms with E-state index in [1.54, 1.807) is 52.3 Å². The molecule has 0 bridgehead atoms. The van der Waals surface area contributed by atoms with Crippen LogP contribution in [-0.2, 0) is 0 Å². The second-order valence-corrected chi connectivity index (χ2v) is 6.56. The van der Waals surface area contributed by atoms with Crippen LogP contribution in [0.3, 0.4) is 0 Å². The van der Waals surface area contributed by atoms with E-state index in [2.05, 4.69) is 20.7 Å². The third kappa shape index (κ3) is 4.32. The molecule has 0 fully saturated rings. The second-order valence-electron chi connectivity index (χ2n) is 6.56. The van der Waals surface area contributed by atoms with Gasteiger partial charge in [0.1, 0.15) is 22.9 Å². The maximum Gasteiger partial charge on any atom is 0.256 e. The highest BCUT2D eigenvalue weighted by Gasteiger charge is 2.22. The van der Waals surface area contributed by atoms with Gasteiger partial charge in [0.25, 0.3) is 5.91 Å². The van der Waals surface area contributed by atoms with Gasteiger partial charge in [0.05, 0.1) is 20.3 Å². The molecule has 1 amide bonds. The first kappa shape index (κ1) is 20.2. The summed E-state index contributed by atoms with van der Waals surface area (Å²) >= 11 is 0. The molecule has 1 aromatic carbocycles. The zero-order valence-corrected chi connectivity index (χ0v) is 16.7. The Morgan fingerprint density at radius 3 is 2.45 bits per heavy atom. The lowest BCUT2D eigenvalue weighted by Crippen LogP contribution is -2.18. The summed E-state index contributed by atoms with van der Waals surface area (Å²) in [7, 11) is 3.09. The number of benzene rings is 1. The predicted octanol–water partition coefficient (Wildman–Crippen LogP) is 1.69. The van der Waals surface area contributed by atoms with Crippen molar-refractivity contribution in [3.63, 3.8) is 0 Å². The Morgan fingerprint density at radius 1 is 1.24 bits per heavy atom. The average molecular weight is 400 g/mol. The van der Waals surface area contributed by atoms with Gasteiger partial charge in [0, 0.05) is 42.2 Å². The number of aliphatic hydroxyl groups is 1. The van der Waals surface area contributed by atoms with Crippen molar-refractivity contribution in [2.24, 2.45) is 5.73 Å². The van der Waals surface area contributed by atoms with Gasteiger partial charge in [-0.2, -0.15) is 4.52 Å². The zero-order chi connectivity index (χ0) is 21.1. The molecule has 154 valence electrons. The van der Waals surface area contributed by atoms with Crippen molar-refractivity contribution in [2.45, 2.75) is 20.0 Å². The van der Waals surface area contributed by atoms with Crippen LogP contribution in [0.4, 0.5) is 17.3 Å². The van der Waals surface area contributed by atoms with Crippen LogP contribution in [0.25, 0.3) is 5.65 Å². The third-order valence-electron chi connectivity index (χ3n) is 4.16. The quantitative estimate of drug-likeness (QED) is 0.448. The summed E-state index contributed by atoms with van der Waals surface area (Å²) in [6.45, 7) is 3.77. The highest BCUT2D eigenvalue weighted by molar-refractivity contribution is 6.04. The monoisotopic (exact) mass is 400 g/mol. The van der Waals surface area contributed by atoms with Gasteiger partial charge in [-0.3, -0.25) is 4.79 Å².